The van der Waals surface area contributed by atoms with Crippen molar-refractivity contribution < 1.29 is 0 Å². The summed E-state index contributed by atoms with van der Waals surface area (Å²) in [5.41, 5.74) is 7.02. The number of nitrogens with one attached hydrogen (secondary N) is 1. The van der Waals surface area contributed by atoms with Crippen molar-refractivity contribution in [2.45, 2.75) is 13.8 Å². The van der Waals surface area contributed by atoms with E-state index in [-0.39, 0.29) is 0 Å². The van der Waals surface area contributed by atoms with Gasteiger partial charge in [-0.1, -0.05) is 19.1 Å². The molecule has 0 radical (unpaired) electrons. The molecule has 0 aliphatic heterocycles. The fourth-order valence-corrected chi connectivity index (χ4v) is 1.40. The Kier molecular flexibility index (Phi) is 5.24. The molecular weight excluding hydrogens is 234 g/mol. The summed E-state index contributed by atoms with van der Waals surface area (Å²) in [6.07, 6.45) is 0. The summed E-state index contributed by atoms with van der Waals surface area (Å²) < 4.78 is 0. The summed E-state index contributed by atoms with van der Waals surface area (Å²) >= 11 is 4.91. The standard InChI is InChI=1S/C11H19N5S/c1-4-16(3)6-5-13-11-14-8(2)7-9(15-11)10(12)17/h7H,4-6H2,1-3H3,(H2,12,17)(H,13,14,15). The van der Waals surface area contributed by atoms with Crippen molar-refractivity contribution >= 4 is 23.2 Å². The molecule has 0 atom stereocenters. The lowest BCUT2D eigenvalue weighted by molar-refractivity contribution is 0.367. The van der Waals surface area contributed by atoms with Crippen LogP contribution in [0.4, 0.5) is 5.95 Å². The molecule has 0 spiro atoms. The van der Waals surface area contributed by atoms with Crippen LogP contribution in [0.3, 0.4) is 0 Å². The Morgan fingerprint density at radius 3 is 2.82 bits per heavy atom. The molecule has 1 aromatic rings. The van der Waals surface area contributed by atoms with Crippen LogP contribution in [0.1, 0.15) is 18.3 Å². The van der Waals surface area contributed by atoms with Gasteiger partial charge in [0.25, 0.3) is 0 Å². The Bertz CT molecular complexity index is 393. The minimum atomic E-state index is 0.296. The Morgan fingerprint density at radius 2 is 2.24 bits per heavy atom. The molecule has 1 rings (SSSR count). The highest BCUT2D eigenvalue weighted by atomic mass is 32.1. The highest BCUT2D eigenvalue weighted by Crippen LogP contribution is 2.04. The molecule has 3 N–H and O–H groups in total. The number of hydrogen-bond acceptors (Lipinski definition) is 5. The van der Waals surface area contributed by atoms with E-state index in [1.54, 1.807) is 6.07 Å². The number of thiocarbonyl (C=S) groups is 1. The maximum atomic E-state index is 5.56. The second kappa shape index (κ2) is 6.46. The van der Waals surface area contributed by atoms with Gasteiger partial charge in [0.15, 0.2) is 0 Å². The fraction of sp³-hybridized carbons (Fsp3) is 0.545. The molecule has 0 aromatic carbocycles. The summed E-state index contributed by atoms with van der Waals surface area (Å²) in [6, 6.07) is 1.78. The Balaban J connectivity index is 2.62. The molecule has 6 heteroatoms. The van der Waals surface area contributed by atoms with Gasteiger partial charge in [-0.25, -0.2) is 9.97 Å². The van der Waals surface area contributed by atoms with Crippen molar-refractivity contribution in [3.8, 4) is 0 Å². The zero-order valence-electron chi connectivity index (χ0n) is 10.5. The van der Waals surface area contributed by atoms with E-state index < -0.39 is 0 Å². The highest BCUT2D eigenvalue weighted by molar-refractivity contribution is 7.80. The molecule has 0 fully saturated rings. The Hall–Kier alpha value is -1.27. The molecule has 5 nitrogen and oxygen atoms in total. The number of rotatable bonds is 6. The average molecular weight is 253 g/mol. The molecule has 0 saturated heterocycles. The smallest absolute Gasteiger partial charge is 0.223 e. The van der Waals surface area contributed by atoms with Gasteiger partial charge in [0.1, 0.15) is 10.7 Å². The normalized spacial score (nSPS) is 10.6. The van der Waals surface area contributed by atoms with Crippen molar-refractivity contribution in [1.82, 2.24) is 14.9 Å². The lowest BCUT2D eigenvalue weighted by Crippen LogP contribution is -2.25. The van der Waals surface area contributed by atoms with Gasteiger partial charge in [-0.15, -0.1) is 0 Å². The molecule has 0 unspecified atom stereocenters. The number of nitrogens with two attached hydrogens (primary N) is 1. The van der Waals surface area contributed by atoms with Crippen LogP contribution in [0.2, 0.25) is 0 Å². The first-order valence-electron chi connectivity index (χ1n) is 5.60. The number of aryl methyl sites for hydroxylation is 1. The van der Waals surface area contributed by atoms with E-state index >= 15 is 0 Å². The van der Waals surface area contributed by atoms with Crippen LogP contribution in [-0.4, -0.2) is 46.5 Å². The monoisotopic (exact) mass is 253 g/mol. The minimum absolute atomic E-state index is 0.296. The van der Waals surface area contributed by atoms with Gasteiger partial charge in [-0.2, -0.15) is 0 Å². The fourth-order valence-electron chi connectivity index (χ4n) is 1.29. The van der Waals surface area contributed by atoms with Crippen molar-refractivity contribution in [3.05, 3.63) is 17.5 Å². The van der Waals surface area contributed by atoms with Crippen LogP contribution < -0.4 is 11.1 Å². The maximum Gasteiger partial charge on any atom is 0.223 e. The molecule has 0 saturated carbocycles. The van der Waals surface area contributed by atoms with Gasteiger partial charge in [0.05, 0.1) is 0 Å². The third-order valence-electron chi connectivity index (χ3n) is 2.42. The van der Waals surface area contributed by atoms with E-state index in [0.717, 1.165) is 25.3 Å². The van der Waals surface area contributed by atoms with E-state index in [4.69, 9.17) is 18.0 Å². The van der Waals surface area contributed by atoms with Crippen LogP contribution in [0.25, 0.3) is 0 Å². The van der Waals surface area contributed by atoms with Gasteiger partial charge in [-0.3, -0.25) is 0 Å². The molecule has 1 heterocycles. The number of nitrogens with zero attached hydrogens (tertiary/aromatic N) is 3. The van der Waals surface area contributed by atoms with Gasteiger partial charge in [-0.05, 0) is 26.6 Å². The summed E-state index contributed by atoms with van der Waals surface area (Å²) in [6.45, 7) is 6.77. The lowest BCUT2D eigenvalue weighted by atomic mass is 10.3. The van der Waals surface area contributed by atoms with E-state index in [1.807, 2.05) is 6.92 Å². The second-order valence-corrected chi connectivity index (χ2v) is 4.34. The summed E-state index contributed by atoms with van der Waals surface area (Å²) in [7, 11) is 2.07. The summed E-state index contributed by atoms with van der Waals surface area (Å²) in [5, 5.41) is 3.17. The van der Waals surface area contributed by atoms with Crippen molar-refractivity contribution in [1.29, 1.82) is 0 Å². The zero-order chi connectivity index (χ0) is 12.8. The van der Waals surface area contributed by atoms with Gasteiger partial charge < -0.3 is 16.0 Å². The van der Waals surface area contributed by atoms with Crippen LogP contribution in [0.15, 0.2) is 6.07 Å². The van der Waals surface area contributed by atoms with Gasteiger partial charge in [0.2, 0.25) is 5.95 Å². The maximum absolute atomic E-state index is 5.56. The first-order chi connectivity index (χ1) is 8.02. The molecule has 94 valence electrons. The number of likely N-dealkylation sites (N-methyl/N-ethyl adjacent to an activating group) is 1. The van der Waals surface area contributed by atoms with Crippen LogP contribution >= 0.6 is 12.2 Å². The van der Waals surface area contributed by atoms with Crippen LogP contribution in [-0.2, 0) is 0 Å². The van der Waals surface area contributed by atoms with Crippen molar-refractivity contribution in [3.63, 3.8) is 0 Å². The third kappa shape index (κ3) is 4.62. The Labute approximate surface area is 107 Å². The predicted molar refractivity (Wildman–Crippen MR) is 74.3 cm³/mol. The summed E-state index contributed by atoms with van der Waals surface area (Å²) in [4.78, 5) is 11.0. The number of hydrogen-bond donors (Lipinski definition) is 2. The predicted octanol–water partition coefficient (Wildman–Crippen LogP) is 0.783. The first-order valence-corrected chi connectivity index (χ1v) is 6.01. The van der Waals surface area contributed by atoms with E-state index in [1.165, 1.54) is 0 Å². The molecule has 0 amide bonds. The topological polar surface area (TPSA) is 67.1 Å². The summed E-state index contributed by atoms with van der Waals surface area (Å²) in [5.74, 6) is 0.581. The third-order valence-corrected chi connectivity index (χ3v) is 2.63. The molecule has 17 heavy (non-hydrogen) atoms. The highest BCUT2D eigenvalue weighted by Gasteiger charge is 2.04. The largest absolute Gasteiger partial charge is 0.388 e. The molecule has 0 aliphatic carbocycles. The average Bonchev–Trinajstić information content (AvgIpc) is 2.28. The van der Waals surface area contributed by atoms with Gasteiger partial charge >= 0.3 is 0 Å². The lowest BCUT2D eigenvalue weighted by Gasteiger charge is -2.14. The molecular formula is C11H19N5S. The van der Waals surface area contributed by atoms with E-state index in [2.05, 4.69) is 34.2 Å². The number of anilines is 1. The second-order valence-electron chi connectivity index (χ2n) is 3.91. The SMILES string of the molecule is CCN(C)CCNc1nc(C)cc(C(N)=S)n1. The molecule has 0 bridgehead atoms. The van der Waals surface area contributed by atoms with Crippen molar-refractivity contribution in [2.24, 2.45) is 5.73 Å². The van der Waals surface area contributed by atoms with Gasteiger partial charge in [0, 0.05) is 18.8 Å². The van der Waals surface area contributed by atoms with E-state index in [0.29, 0.717) is 16.6 Å². The van der Waals surface area contributed by atoms with Crippen molar-refractivity contribution in [2.75, 3.05) is 32.0 Å². The van der Waals surface area contributed by atoms with E-state index in [9.17, 15) is 0 Å². The Morgan fingerprint density at radius 1 is 1.53 bits per heavy atom. The minimum Gasteiger partial charge on any atom is -0.388 e. The zero-order valence-corrected chi connectivity index (χ0v) is 11.3. The first kappa shape index (κ1) is 13.8. The van der Waals surface area contributed by atoms with Crippen LogP contribution in [0, 0.1) is 6.92 Å². The van der Waals surface area contributed by atoms with Crippen LogP contribution in [0.5, 0.6) is 0 Å². The number of aromatic nitrogens is 2. The molecule has 0 aliphatic rings. The quantitative estimate of drug-likeness (QED) is 0.730. The molecule has 1 aromatic heterocycles.